The summed E-state index contributed by atoms with van der Waals surface area (Å²) in [5.74, 6) is -4.29. The molecule has 214 valence electrons. The van der Waals surface area contributed by atoms with E-state index in [4.69, 9.17) is 18.9 Å². The maximum absolute atomic E-state index is 12.8. The summed E-state index contributed by atoms with van der Waals surface area (Å²) in [4.78, 5) is 26.4. The highest BCUT2D eigenvalue weighted by atomic mass is 16.7. The van der Waals surface area contributed by atoms with Gasteiger partial charge in [-0.25, -0.2) is 9.59 Å². The van der Waals surface area contributed by atoms with Crippen molar-refractivity contribution < 1.29 is 43.9 Å². The Labute approximate surface area is 219 Å². The van der Waals surface area contributed by atoms with Crippen LogP contribution in [0.1, 0.15) is 74.1 Å². The Morgan fingerprint density at radius 1 is 1.14 bits per heavy atom. The van der Waals surface area contributed by atoms with E-state index in [1.165, 1.54) is 20.8 Å². The molecule has 3 rings (SSSR count). The van der Waals surface area contributed by atoms with Gasteiger partial charge in [0, 0.05) is 32.5 Å². The number of carboxylic acid groups (broad SMARTS) is 1. The maximum atomic E-state index is 12.8. The van der Waals surface area contributed by atoms with E-state index >= 15 is 0 Å². The quantitative estimate of drug-likeness (QED) is 0.344. The lowest BCUT2D eigenvalue weighted by Crippen LogP contribution is -2.53. The number of rotatable bonds is 8. The standard InChI is InChI=1S/C26H46N2O9/c1-22(2,3)37-21(31)28-11-9-26(8-10-27-16-26)17(14-28)13-24(6,33)34-15-18-12-19(36-23(4,5)32)25(7,35-18)20(29)30/h17-19,27,32-33H,8-16H2,1-7H3,(H,29,30)/t17?,18-,19+,24?,25+,26?/m1/s1. The molecule has 3 aliphatic heterocycles. The number of nitrogens with one attached hydrogen (secondary N) is 1. The van der Waals surface area contributed by atoms with Crippen molar-refractivity contribution in [2.24, 2.45) is 11.3 Å². The molecule has 11 nitrogen and oxygen atoms in total. The second-order valence-electron chi connectivity index (χ2n) is 12.8. The summed E-state index contributed by atoms with van der Waals surface area (Å²) in [5, 5.41) is 34.5. The molecular formula is C26H46N2O9. The van der Waals surface area contributed by atoms with E-state index in [-0.39, 0.29) is 30.5 Å². The second kappa shape index (κ2) is 10.6. The second-order valence-corrected chi connectivity index (χ2v) is 12.8. The number of hydrogen-bond donors (Lipinski definition) is 4. The highest BCUT2D eigenvalue weighted by Gasteiger charge is 2.54. The van der Waals surface area contributed by atoms with Crippen LogP contribution in [0.2, 0.25) is 0 Å². The molecule has 0 radical (unpaired) electrons. The van der Waals surface area contributed by atoms with Crippen molar-refractivity contribution in [1.29, 1.82) is 0 Å². The lowest BCUT2D eigenvalue weighted by atomic mass is 9.67. The zero-order valence-corrected chi connectivity index (χ0v) is 23.3. The maximum Gasteiger partial charge on any atom is 0.410 e. The summed E-state index contributed by atoms with van der Waals surface area (Å²) in [6, 6.07) is 0. The Hall–Kier alpha value is -1.50. The molecule has 3 saturated heterocycles. The van der Waals surface area contributed by atoms with Crippen LogP contribution in [-0.2, 0) is 23.7 Å². The van der Waals surface area contributed by atoms with Crippen LogP contribution in [-0.4, -0.2) is 100 Å². The van der Waals surface area contributed by atoms with Gasteiger partial charge in [0.05, 0.1) is 12.7 Å². The smallest absolute Gasteiger partial charge is 0.410 e. The summed E-state index contributed by atoms with van der Waals surface area (Å²) < 4.78 is 22.9. The van der Waals surface area contributed by atoms with E-state index in [2.05, 4.69) is 5.32 Å². The first-order chi connectivity index (χ1) is 16.8. The highest BCUT2D eigenvalue weighted by Crippen LogP contribution is 2.45. The van der Waals surface area contributed by atoms with Gasteiger partial charge in [-0.3, -0.25) is 0 Å². The monoisotopic (exact) mass is 530 g/mol. The Kier molecular flexibility index (Phi) is 8.59. The first-order valence-corrected chi connectivity index (χ1v) is 13.2. The average molecular weight is 531 g/mol. The molecule has 4 N–H and O–H groups in total. The van der Waals surface area contributed by atoms with E-state index in [9.17, 15) is 24.9 Å². The summed E-state index contributed by atoms with van der Waals surface area (Å²) in [7, 11) is 0. The van der Waals surface area contributed by atoms with Crippen LogP contribution in [0.25, 0.3) is 0 Å². The molecular weight excluding hydrogens is 484 g/mol. The number of amides is 1. The third kappa shape index (κ3) is 7.54. The molecule has 6 atom stereocenters. The first kappa shape index (κ1) is 30.0. The number of carbonyl (C=O) groups excluding carboxylic acids is 1. The number of nitrogens with zero attached hydrogens (tertiary/aromatic N) is 1. The molecule has 1 spiro atoms. The van der Waals surface area contributed by atoms with E-state index < -0.39 is 41.0 Å². The van der Waals surface area contributed by atoms with Crippen LogP contribution >= 0.6 is 0 Å². The van der Waals surface area contributed by atoms with Gasteiger partial charge in [-0.1, -0.05) is 0 Å². The number of aliphatic carboxylic acids is 1. The topological polar surface area (TPSA) is 147 Å². The number of carbonyl (C=O) groups is 2. The molecule has 37 heavy (non-hydrogen) atoms. The molecule has 0 saturated carbocycles. The van der Waals surface area contributed by atoms with Gasteiger partial charge in [0.1, 0.15) is 11.7 Å². The molecule has 3 fully saturated rings. The number of piperidine rings is 1. The fourth-order valence-corrected chi connectivity index (χ4v) is 5.73. The predicted octanol–water partition coefficient (Wildman–Crippen LogP) is 2.08. The molecule has 0 aliphatic carbocycles. The third-order valence-electron chi connectivity index (χ3n) is 7.68. The fourth-order valence-electron chi connectivity index (χ4n) is 5.73. The van der Waals surface area contributed by atoms with Gasteiger partial charge in [-0.15, -0.1) is 0 Å². The van der Waals surface area contributed by atoms with Crippen molar-refractivity contribution in [1.82, 2.24) is 10.2 Å². The number of aliphatic hydroxyl groups is 2. The van der Waals surface area contributed by atoms with E-state index in [1.54, 1.807) is 11.8 Å². The van der Waals surface area contributed by atoms with E-state index in [1.807, 2.05) is 20.8 Å². The number of carboxylic acids is 1. The largest absolute Gasteiger partial charge is 0.479 e. The minimum absolute atomic E-state index is 0.0289. The average Bonchev–Trinajstić information content (AvgIpc) is 3.32. The zero-order valence-electron chi connectivity index (χ0n) is 23.3. The van der Waals surface area contributed by atoms with Gasteiger partial charge in [0.15, 0.2) is 17.2 Å². The van der Waals surface area contributed by atoms with Gasteiger partial charge >= 0.3 is 12.1 Å². The summed E-state index contributed by atoms with van der Waals surface area (Å²) >= 11 is 0. The lowest BCUT2D eigenvalue weighted by Gasteiger charge is -2.47. The van der Waals surface area contributed by atoms with Crippen LogP contribution in [0.5, 0.6) is 0 Å². The first-order valence-electron chi connectivity index (χ1n) is 13.2. The Bertz CT molecular complexity index is 829. The number of likely N-dealkylation sites (tertiary alicyclic amines) is 1. The summed E-state index contributed by atoms with van der Waals surface area (Å²) in [5.41, 5.74) is -2.30. The summed E-state index contributed by atoms with van der Waals surface area (Å²) in [6.07, 6.45) is 0.341. The summed E-state index contributed by atoms with van der Waals surface area (Å²) in [6.45, 7) is 14.1. The molecule has 0 aromatic heterocycles. The van der Waals surface area contributed by atoms with Crippen LogP contribution < -0.4 is 5.32 Å². The van der Waals surface area contributed by atoms with Crippen LogP contribution in [0.4, 0.5) is 4.79 Å². The van der Waals surface area contributed by atoms with Crippen LogP contribution in [0.3, 0.4) is 0 Å². The van der Waals surface area contributed by atoms with Crippen molar-refractivity contribution in [2.45, 2.75) is 109 Å². The normalized spacial score (nSPS) is 34.5. The SMILES string of the molecule is CC(C)(C)OC(=O)N1CCC2(CCNC2)C(CC(C)(O)OC[C@H]2C[C@H](OC(C)(C)O)[C@@](C)(C(=O)O)O2)C1. The predicted molar refractivity (Wildman–Crippen MR) is 134 cm³/mol. The minimum Gasteiger partial charge on any atom is -0.479 e. The number of hydrogen-bond acceptors (Lipinski definition) is 9. The van der Waals surface area contributed by atoms with Crippen molar-refractivity contribution in [3.63, 3.8) is 0 Å². The van der Waals surface area contributed by atoms with Gasteiger partial charge < -0.3 is 44.5 Å². The number of ether oxygens (including phenoxy) is 4. The zero-order chi connectivity index (χ0) is 27.9. The van der Waals surface area contributed by atoms with Crippen molar-refractivity contribution in [2.75, 3.05) is 32.8 Å². The Morgan fingerprint density at radius 3 is 2.35 bits per heavy atom. The Balaban J connectivity index is 1.66. The van der Waals surface area contributed by atoms with Crippen molar-refractivity contribution in [3.05, 3.63) is 0 Å². The molecule has 3 aliphatic rings. The van der Waals surface area contributed by atoms with Gasteiger partial charge in [0.25, 0.3) is 0 Å². The fraction of sp³-hybridized carbons (Fsp3) is 0.923. The molecule has 3 heterocycles. The van der Waals surface area contributed by atoms with E-state index in [0.29, 0.717) is 19.5 Å². The molecule has 1 amide bonds. The van der Waals surface area contributed by atoms with Crippen LogP contribution in [0, 0.1) is 11.3 Å². The highest BCUT2D eigenvalue weighted by molar-refractivity contribution is 5.78. The van der Waals surface area contributed by atoms with Gasteiger partial charge in [-0.05, 0) is 79.2 Å². The van der Waals surface area contributed by atoms with Gasteiger partial charge in [0.2, 0.25) is 0 Å². The molecule has 0 bridgehead atoms. The van der Waals surface area contributed by atoms with Gasteiger partial charge in [-0.2, -0.15) is 0 Å². The third-order valence-corrected chi connectivity index (χ3v) is 7.68. The lowest BCUT2D eigenvalue weighted by molar-refractivity contribution is -0.237. The minimum atomic E-state index is -1.66. The van der Waals surface area contributed by atoms with Crippen molar-refractivity contribution in [3.8, 4) is 0 Å². The van der Waals surface area contributed by atoms with Crippen LogP contribution in [0.15, 0.2) is 0 Å². The Morgan fingerprint density at radius 2 is 1.81 bits per heavy atom. The molecule has 11 heteroatoms. The van der Waals surface area contributed by atoms with E-state index in [0.717, 1.165) is 25.9 Å². The molecule has 0 aromatic rings. The molecule has 0 aromatic carbocycles. The van der Waals surface area contributed by atoms with Crippen molar-refractivity contribution >= 4 is 12.1 Å². The molecule has 3 unspecified atom stereocenters.